The van der Waals surface area contributed by atoms with Crippen LogP contribution in [0.15, 0.2) is 11.6 Å². The molecule has 0 aromatic heterocycles. The molecule has 16 atom stereocenters. The molecule has 10 heteroatoms. The third-order valence-electron chi connectivity index (χ3n) is 14.3. The van der Waals surface area contributed by atoms with Crippen molar-refractivity contribution in [3.05, 3.63) is 11.6 Å². The van der Waals surface area contributed by atoms with E-state index < -0.39 is 81.9 Å². The maximum Gasteiger partial charge on any atom is 0.186 e. The number of aliphatic hydroxyl groups excluding tert-OH is 6. The molecule has 7 aliphatic rings. The van der Waals surface area contributed by atoms with E-state index in [1.165, 1.54) is 0 Å². The van der Waals surface area contributed by atoms with Crippen LogP contribution in [0.1, 0.15) is 73.1 Å². The monoisotopic (exact) mass is 592 g/mol. The van der Waals surface area contributed by atoms with Gasteiger partial charge in [0.25, 0.3) is 0 Å². The SMILES string of the molecule is C[C@@H]1CC(=O)[C@H](O)[C@@]2(O)[C@H]1[C@@]1(C)C[C@H](O)[C@]34C[C@@]35CC[C@H](O[C@@H]3OC[C@@H](O)[C@H](O)[C@H]3O)C(C)(C)[C@@H]5CC=C4[C@]1(C)[C@H]2O. The van der Waals surface area contributed by atoms with Gasteiger partial charge in [-0.05, 0) is 60.2 Å². The van der Waals surface area contributed by atoms with Gasteiger partial charge in [-0.25, -0.2) is 0 Å². The lowest BCUT2D eigenvalue weighted by molar-refractivity contribution is -0.301. The van der Waals surface area contributed by atoms with E-state index in [1.807, 2.05) is 20.8 Å². The molecule has 0 amide bonds. The van der Waals surface area contributed by atoms with Gasteiger partial charge in [-0.3, -0.25) is 4.79 Å². The first-order valence-electron chi connectivity index (χ1n) is 15.8. The number of Topliss-reactive ketones (excluding diaryl/α,β-unsaturated/α-hetero) is 1. The molecule has 0 aromatic rings. The smallest absolute Gasteiger partial charge is 0.186 e. The van der Waals surface area contributed by atoms with Crippen LogP contribution in [0.25, 0.3) is 0 Å². The molecule has 0 unspecified atom stereocenters. The maximum atomic E-state index is 12.8. The van der Waals surface area contributed by atoms with Crippen molar-refractivity contribution < 1.29 is 50.0 Å². The topological polar surface area (TPSA) is 177 Å². The Kier molecular flexibility index (Phi) is 6.12. The van der Waals surface area contributed by atoms with Crippen molar-refractivity contribution in [2.24, 2.45) is 44.8 Å². The van der Waals surface area contributed by atoms with E-state index in [-0.39, 0.29) is 36.4 Å². The van der Waals surface area contributed by atoms with Gasteiger partial charge in [0, 0.05) is 23.2 Å². The second-order valence-corrected chi connectivity index (χ2v) is 16.1. The number of aliphatic hydroxyl groups is 7. The molecular formula is C32H48O10. The summed E-state index contributed by atoms with van der Waals surface area (Å²) in [7, 11) is 0. The van der Waals surface area contributed by atoms with Crippen LogP contribution in [0.2, 0.25) is 0 Å². The summed E-state index contributed by atoms with van der Waals surface area (Å²) < 4.78 is 11.9. The van der Waals surface area contributed by atoms with Gasteiger partial charge < -0.3 is 45.2 Å². The summed E-state index contributed by atoms with van der Waals surface area (Å²) >= 11 is 0. The minimum Gasteiger partial charge on any atom is -0.392 e. The van der Waals surface area contributed by atoms with Gasteiger partial charge in [-0.15, -0.1) is 0 Å². The standard InChI is InChI=1S/C32H48O10/c1-14-10-15(33)24(38)32(40)23(14)28(4)11-19(35)31-13-30(31)9-8-20(42-25-22(37)21(36)16(34)12-41-25)27(2,3)17(30)6-7-18(31)29(28,5)26(32)39/h7,14,16-17,19-26,34-40H,6,8-13H2,1-5H3/t14-,16-,17+,19+,20+,21+,22-,23-,24+,25+,26-,28-,29-,30-,31-,32+/m1/s1. The zero-order chi connectivity index (χ0) is 30.6. The number of carbonyl (C=O) groups is 1. The first kappa shape index (κ1) is 29.7. The summed E-state index contributed by atoms with van der Waals surface area (Å²) in [5.41, 5.74) is -3.95. The zero-order valence-electron chi connectivity index (χ0n) is 25.2. The first-order valence-corrected chi connectivity index (χ1v) is 15.8. The van der Waals surface area contributed by atoms with Gasteiger partial charge >= 0.3 is 0 Å². The number of rotatable bonds is 2. The molecule has 0 radical (unpaired) electrons. The Morgan fingerprint density at radius 1 is 1.02 bits per heavy atom. The number of ether oxygens (including phenoxy) is 2. The van der Waals surface area contributed by atoms with Crippen LogP contribution >= 0.6 is 0 Å². The highest BCUT2D eigenvalue weighted by Gasteiger charge is 2.87. The lowest BCUT2D eigenvalue weighted by Gasteiger charge is -2.61. The Hall–Kier alpha value is -0.950. The Bertz CT molecular complexity index is 1220. The van der Waals surface area contributed by atoms with Crippen LogP contribution in [0.3, 0.4) is 0 Å². The average Bonchev–Trinajstić information content (AvgIpc) is 3.58. The molecule has 5 saturated carbocycles. The summed E-state index contributed by atoms with van der Waals surface area (Å²) in [6.07, 6.45) is -3.55. The predicted octanol–water partition coefficient (Wildman–Crippen LogP) is 0.422. The van der Waals surface area contributed by atoms with E-state index in [4.69, 9.17) is 9.47 Å². The molecule has 7 N–H and O–H groups in total. The number of ketones is 1. The molecule has 0 bridgehead atoms. The van der Waals surface area contributed by atoms with E-state index in [0.29, 0.717) is 19.3 Å². The molecule has 6 aliphatic carbocycles. The molecular weight excluding hydrogens is 544 g/mol. The quantitative estimate of drug-likeness (QED) is 0.223. The highest BCUT2D eigenvalue weighted by Crippen LogP contribution is 2.88. The maximum absolute atomic E-state index is 12.8. The van der Waals surface area contributed by atoms with E-state index >= 15 is 0 Å². The van der Waals surface area contributed by atoms with Gasteiger partial charge in [0.1, 0.15) is 30.0 Å². The Balaban J connectivity index is 1.25. The Morgan fingerprint density at radius 2 is 1.71 bits per heavy atom. The van der Waals surface area contributed by atoms with Crippen LogP contribution < -0.4 is 0 Å². The average molecular weight is 593 g/mol. The van der Waals surface area contributed by atoms with E-state index in [2.05, 4.69) is 19.9 Å². The van der Waals surface area contributed by atoms with Crippen molar-refractivity contribution in [3.8, 4) is 0 Å². The Morgan fingerprint density at radius 3 is 2.40 bits per heavy atom. The van der Waals surface area contributed by atoms with Crippen LogP contribution in [-0.4, -0.2) is 103 Å². The van der Waals surface area contributed by atoms with E-state index in [9.17, 15) is 40.5 Å². The normalized spacial score (nSPS) is 61.3. The lowest BCUT2D eigenvalue weighted by Crippen LogP contribution is -2.63. The molecule has 0 aromatic carbocycles. The minimum absolute atomic E-state index is 0.112. The van der Waals surface area contributed by atoms with Crippen molar-refractivity contribution in [2.45, 2.75) is 128 Å². The van der Waals surface area contributed by atoms with Crippen molar-refractivity contribution in [1.82, 2.24) is 0 Å². The predicted molar refractivity (Wildman–Crippen MR) is 147 cm³/mol. The molecule has 6 fully saturated rings. The second-order valence-electron chi connectivity index (χ2n) is 16.1. The van der Waals surface area contributed by atoms with E-state index in [0.717, 1.165) is 18.4 Å². The number of carbonyl (C=O) groups excluding carboxylic acids is 1. The molecule has 236 valence electrons. The Labute approximate surface area is 246 Å². The highest BCUT2D eigenvalue weighted by molar-refractivity contribution is 5.86. The minimum atomic E-state index is -1.99. The molecule has 1 saturated heterocycles. The summed E-state index contributed by atoms with van der Waals surface area (Å²) in [6.45, 7) is 10.1. The molecule has 10 nitrogen and oxygen atoms in total. The lowest BCUT2D eigenvalue weighted by atomic mass is 9.44. The zero-order valence-corrected chi connectivity index (χ0v) is 25.2. The fraction of sp³-hybridized carbons (Fsp3) is 0.906. The van der Waals surface area contributed by atoms with E-state index in [1.54, 1.807) is 0 Å². The second kappa shape index (κ2) is 8.65. The largest absolute Gasteiger partial charge is 0.392 e. The molecule has 42 heavy (non-hydrogen) atoms. The molecule has 1 aliphatic heterocycles. The summed E-state index contributed by atoms with van der Waals surface area (Å²) in [5.74, 6) is -1.16. The number of hydrogen-bond donors (Lipinski definition) is 7. The van der Waals surface area contributed by atoms with Crippen LogP contribution in [-0.2, 0) is 14.3 Å². The van der Waals surface area contributed by atoms with Gasteiger partial charge in [-0.2, -0.15) is 0 Å². The van der Waals surface area contributed by atoms with Crippen LogP contribution in [0, 0.1) is 44.8 Å². The van der Waals surface area contributed by atoms with Gasteiger partial charge in [0.15, 0.2) is 12.1 Å². The van der Waals surface area contributed by atoms with Crippen molar-refractivity contribution in [3.63, 3.8) is 0 Å². The van der Waals surface area contributed by atoms with Gasteiger partial charge in [-0.1, -0.05) is 46.3 Å². The summed E-state index contributed by atoms with van der Waals surface area (Å²) in [4.78, 5) is 12.8. The molecule has 2 spiro atoms. The van der Waals surface area contributed by atoms with Crippen molar-refractivity contribution in [2.75, 3.05) is 6.61 Å². The summed E-state index contributed by atoms with van der Waals surface area (Å²) in [5, 5.41) is 77.9. The number of fused-ring (bicyclic) bond motifs is 4. The highest BCUT2D eigenvalue weighted by atomic mass is 16.7. The number of hydrogen-bond acceptors (Lipinski definition) is 10. The van der Waals surface area contributed by atoms with Crippen molar-refractivity contribution in [1.29, 1.82) is 0 Å². The third kappa shape index (κ3) is 3.05. The van der Waals surface area contributed by atoms with Crippen LogP contribution in [0.4, 0.5) is 0 Å². The van der Waals surface area contributed by atoms with Gasteiger partial charge in [0.05, 0.1) is 24.9 Å². The first-order chi connectivity index (χ1) is 19.5. The number of allylic oxidation sites excluding steroid dienone is 1. The molecule has 1 heterocycles. The fourth-order valence-electron chi connectivity index (χ4n) is 12.3. The van der Waals surface area contributed by atoms with Crippen LogP contribution in [0.5, 0.6) is 0 Å². The fourth-order valence-corrected chi connectivity index (χ4v) is 12.3. The van der Waals surface area contributed by atoms with Gasteiger partial charge in [0.2, 0.25) is 0 Å². The third-order valence-corrected chi connectivity index (χ3v) is 14.3. The molecule has 7 rings (SSSR count). The van der Waals surface area contributed by atoms with Crippen molar-refractivity contribution >= 4 is 5.78 Å². The summed E-state index contributed by atoms with van der Waals surface area (Å²) in [6, 6.07) is 0.